The number of ether oxygens (including phenoxy) is 1. The summed E-state index contributed by atoms with van der Waals surface area (Å²) in [7, 11) is 0. The van der Waals surface area contributed by atoms with Crippen LogP contribution in [0.4, 0.5) is 5.00 Å². The fourth-order valence-electron chi connectivity index (χ4n) is 1.97. The van der Waals surface area contributed by atoms with Gasteiger partial charge in [0, 0.05) is 25.0 Å². The van der Waals surface area contributed by atoms with E-state index in [0.717, 1.165) is 36.8 Å². The summed E-state index contributed by atoms with van der Waals surface area (Å²) in [6.07, 6.45) is 0.254. The average Bonchev–Trinajstić information content (AvgIpc) is 2.81. The summed E-state index contributed by atoms with van der Waals surface area (Å²) in [5, 5.41) is 9.08. The van der Waals surface area contributed by atoms with Gasteiger partial charge in [0.2, 0.25) is 0 Å². The maximum Gasteiger partial charge on any atom is 0.117 e. The molecule has 17 heavy (non-hydrogen) atoms. The van der Waals surface area contributed by atoms with Gasteiger partial charge in [0.1, 0.15) is 5.00 Å². The van der Waals surface area contributed by atoms with Crippen molar-refractivity contribution in [3.63, 3.8) is 0 Å². The normalized spacial score (nSPS) is 20.6. The van der Waals surface area contributed by atoms with Crippen LogP contribution in [0.3, 0.4) is 0 Å². The minimum atomic E-state index is 0.254. The molecule has 4 nitrogen and oxygen atoms in total. The molecule has 1 unspecified atom stereocenters. The SMILES string of the molecule is c1ccc2c(NCC3CNCCO3)snc2c1. The predicted molar refractivity (Wildman–Crippen MR) is 70.7 cm³/mol. The van der Waals surface area contributed by atoms with E-state index in [1.165, 1.54) is 16.9 Å². The van der Waals surface area contributed by atoms with Gasteiger partial charge in [-0.1, -0.05) is 12.1 Å². The molecule has 2 aromatic rings. The predicted octanol–water partition coefficient (Wildman–Crippen LogP) is 1.70. The van der Waals surface area contributed by atoms with Gasteiger partial charge in [-0.3, -0.25) is 0 Å². The van der Waals surface area contributed by atoms with Crippen LogP contribution in [-0.2, 0) is 4.74 Å². The van der Waals surface area contributed by atoms with Gasteiger partial charge in [0.25, 0.3) is 0 Å². The van der Waals surface area contributed by atoms with Crippen LogP contribution in [0.2, 0.25) is 0 Å². The summed E-state index contributed by atoms with van der Waals surface area (Å²) in [5.74, 6) is 0. The van der Waals surface area contributed by atoms with Gasteiger partial charge in [-0.05, 0) is 23.7 Å². The molecule has 1 aromatic carbocycles. The molecule has 1 atom stereocenters. The van der Waals surface area contributed by atoms with Gasteiger partial charge in [0.05, 0.1) is 18.2 Å². The summed E-state index contributed by atoms with van der Waals surface area (Å²) in [6.45, 7) is 3.51. The fraction of sp³-hybridized carbons (Fsp3) is 0.417. The molecule has 0 bridgehead atoms. The Hall–Kier alpha value is -1.17. The Morgan fingerprint density at radius 2 is 2.41 bits per heavy atom. The highest BCUT2D eigenvalue weighted by Gasteiger charge is 2.14. The third-order valence-corrected chi connectivity index (χ3v) is 3.71. The van der Waals surface area contributed by atoms with E-state index in [0.29, 0.717) is 0 Å². The van der Waals surface area contributed by atoms with Crippen molar-refractivity contribution in [3.8, 4) is 0 Å². The van der Waals surface area contributed by atoms with E-state index in [2.05, 4.69) is 21.1 Å². The van der Waals surface area contributed by atoms with Crippen molar-refractivity contribution in [3.05, 3.63) is 24.3 Å². The zero-order valence-corrected chi connectivity index (χ0v) is 10.3. The number of morpholine rings is 1. The molecule has 0 radical (unpaired) electrons. The highest BCUT2D eigenvalue weighted by atomic mass is 32.1. The number of anilines is 1. The second-order valence-corrected chi connectivity index (χ2v) is 4.88. The van der Waals surface area contributed by atoms with Crippen molar-refractivity contribution in [1.82, 2.24) is 9.69 Å². The minimum absolute atomic E-state index is 0.254. The van der Waals surface area contributed by atoms with E-state index >= 15 is 0 Å². The molecule has 2 N–H and O–H groups in total. The number of nitrogens with zero attached hydrogens (tertiary/aromatic N) is 1. The Bertz CT molecular complexity index is 493. The second-order valence-electron chi connectivity index (χ2n) is 4.11. The molecule has 0 amide bonds. The molecule has 1 aliphatic heterocycles. The molecule has 0 spiro atoms. The average molecular weight is 249 g/mol. The van der Waals surface area contributed by atoms with Crippen molar-refractivity contribution >= 4 is 27.4 Å². The van der Waals surface area contributed by atoms with Crippen LogP contribution in [-0.4, -0.2) is 36.7 Å². The van der Waals surface area contributed by atoms with Crippen LogP contribution >= 0.6 is 11.5 Å². The van der Waals surface area contributed by atoms with Crippen molar-refractivity contribution < 1.29 is 4.74 Å². The molecule has 2 heterocycles. The van der Waals surface area contributed by atoms with Crippen LogP contribution < -0.4 is 10.6 Å². The third-order valence-electron chi connectivity index (χ3n) is 2.88. The molecule has 1 aliphatic rings. The van der Waals surface area contributed by atoms with E-state index in [9.17, 15) is 0 Å². The van der Waals surface area contributed by atoms with Crippen molar-refractivity contribution in [1.29, 1.82) is 0 Å². The Labute approximate surface area is 104 Å². The van der Waals surface area contributed by atoms with Crippen LogP contribution in [0.1, 0.15) is 0 Å². The van der Waals surface area contributed by atoms with Gasteiger partial charge in [-0.15, -0.1) is 0 Å². The van der Waals surface area contributed by atoms with E-state index < -0.39 is 0 Å². The lowest BCUT2D eigenvalue weighted by molar-refractivity contribution is 0.0373. The number of hydrogen-bond acceptors (Lipinski definition) is 5. The number of hydrogen-bond donors (Lipinski definition) is 2. The Balaban J connectivity index is 1.68. The minimum Gasteiger partial charge on any atom is -0.374 e. The van der Waals surface area contributed by atoms with Crippen LogP contribution in [0.5, 0.6) is 0 Å². The van der Waals surface area contributed by atoms with Crippen LogP contribution in [0.25, 0.3) is 10.9 Å². The maximum absolute atomic E-state index is 5.65. The van der Waals surface area contributed by atoms with Crippen LogP contribution in [0, 0.1) is 0 Å². The quantitative estimate of drug-likeness (QED) is 0.869. The summed E-state index contributed by atoms with van der Waals surface area (Å²) >= 11 is 1.51. The van der Waals surface area contributed by atoms with Gasteiger partial charge in [-0.25, -0.2) is 0 Å². The van der Waals surface area contributed by atoms with Gasteiger partial charge in [0.15, 0.2) is 0 Å². The Morgan fingerprint density at radius 1 is 1.47 bits per heavy atom. The van der Waals surface area contributed by atoms with Crippen molar-refractivity contribution in [2.24, 2.45) is 0 Å². The molecular formula is C12H15N3OS. The van der Waals surface area contributed by atoms with Crippen molar-refractivity contribution in [2.45, 2.75) is 6.10 Å². The topological polar surface area (TPSA) is 46.2 Å². The second kappa shape index (κ2) is 5.00. The molecular weight excluding hydrogens is 234 g/mol. The molecule has 1 fully saturated rings. The first-order valence-electron chi connectivity index (χ1n) is 5.84. The lowest BCUT2D eigenvalue weighted by atomic mass is 10.2. The summed E-state index contributed by atoms with van der Waals surface area (Å²) < 4.78 is 10.1. The number of rotatable bonds is 3. The van der Waals surface area contributed by atoms with Crippen LogP contribution in [0.15, 0.2) is 24.3 Å². The largest absolute Gasteiger partial charge is 0.374 e. The van der Waals surface area contributed by atoms with Gasteiger partial charge < -0.3 is 15.4 Å². The standard InChI is InChI=1S/C12H15N3OS/c1-2-4-11-10(3-1)12(17-15-11)14-8-9-7-13-5-6-16-9/h1-4,9,13-14H,5-8H2. The first-order valence-corrected chi connectivity index (χ1v) is 6.61. The summed E-state index contributed by atoms with van der Waals surface area (Å²) in [6, 6.07) is 8.19. The molecule has 0 saturated carbocycles. The number of fused-ring (bicyclic) bond motifs is 1. The molecule has 3 rings (SSSR count). The van der Waals surface area contributed by atoms with E-state index in [-0.39, 0.29) is 6.10 Å². The first-order chi connectivity index (χ1) is 8.43. The fourth-order valence-corrected chi connectivity index (χ4v) is 2.74. The molecule has 5 heteroatoms. The zero-order chi connectivity index (χ0) is 11.5. The van der Waals surface area contributed by atoms with Crippen molar-refractivity contribution in [2.75, 3.05) is 31.6 Å². The molecule has 0 aliphatic carbocycles. The summed E-state index contributed by atoms with van der Waals surface area (Å²) in [4.78, 5) is 0. The first kappa shape index (κ1) is 11.0. The lowest BCUT2D eigenvalue weighted by Crippen LogP contribution is -2.42. The lowest BCUT2D eigenvalue weighted by Gasteiger charge is -2.23. The van der Waals surface area contributed by atoms with E-state index in [4.69, 9.17) is 4.74 Å². The molecule has 90 valence electrons. The maximum atomic E-state index is 5.65. The molecule has 1 aromatic heterocycles. The Kier molecular flexibility index (Phi) is 3.22. The van der Waals surface area contributed by atoms with E-state index in [1.54, 1.807) is 0 Å². The monoisotopic (exact) mass is 249 g/mol. The zero-order valence-electron chi connectivity index (χ0n) is 9.48. The van der Waals surface area contributed by atoms with Gasteiger partial charge >= 0.3 is 0 Å². The Morgan fingerprint density at radius 3 is 3.29 bits per heavy atom. The third kappa shape index (κ3) is 2.41. The van der Waals surface area contributed by atoms with E-state index in [1.807, 2.05) is 18.2 Å². The number of aromatic nitrogens is 1. The molecule has 1 saturated heterocycles. The smallest absolute Gasteiger partial charge is 0.117 e. The highest BCUT2D eigenvalue weighted by Crippen LogP contribution is 2.27. The number of benzene rings is 1. The highest BCUT2D eigenvalue weighted by molar-refractivity contribution is 7.11. The summed E-state index contributed by atoms with van der Waals surface area (Å²) in [5.41, 5.74) is 1.06. The number of nitrogens with one attached hydrogen (secondary N) is 2. The van der Waals surface area contributed by atoms with Gasteiger partial charge in [-0.2, -0.15) is 4.37 Å².